The minimum Gasteiger partial charge on any atom is -0.513 e. The normalized spacial score (nSPS) is 28.9. The molecule has 2 N–H and O–H groups in total. The van der Waals surface area contributed by atoms with E-state index >= 15 is 0 Å². The summed E-state index contributed by atoms with van der Waals surface area (Å²) in [6.45, 7) is 9.32. The molecule has 0 aliphatic carbocycles. The second-order valence-corrected chi connectivity index (χ2v) is 9.61. The number of allylic oxidation sites excluding steroid dienone is 6. The highest BCUT2D eigenvalue weighted by Crippen LogP contribution is 2.38. The number of carbonyl (C=O) groups is 2. The average Bonchev–Trinajstić information content (AvgIpc) is 3.15. The van der Waals surface area contributed by atoms with Gasteiger partial charge in [0.1, 0.15) is 5.01 Å². The van der Waals surface area contributed by atoms with Crippen LogP contribution in [0.3, 0.4) is 0 Å². The number of thiazole rings is 1. The van der Waals surface area contributed by atoms with Gasteiger partial charge in [-0.3, -0.25) is 9.59 Å². The van der Waals surface area contributed by atoms with Crippen molar-refractivity contribution >= 4 is 41.7 Å². The van der Waals surface area contributed by atoms with Crippen molar-refractivity contribution in [2.75, 3.05) is 0 Å². The molecule has 1 aliphatic rings. The topological polar surface area (TPSA) is 79.3 Å². The summed E-state index contributed by atoms with van der Waals surface area (Å²) in [6.07, 6.45) is 10.5. The first-order chi connectivity index (χ1) is 14.1. The van der Waals surface area contributed by atoms with Crippen LogP contribution in [0.1, 0.15) is 63.2 Å². The number of aromatic nitrogens is 1. The molecular formula is C23H30N2O3S2. The molecule has 2 bridgehead atoms. The highest BCUT2D eigenvalue weighted by molar-refractivity contribution is 7.81. The van der Waals surface area contributed by atoms with E-state index in [4.69, 9.17) is 12.6 Å². The van der Waals surface area contributed by atoms with Gasteiger partial charge in [-0.1, -0.05) is 37.3 Å². The van der Waals surface area contributed by atoms with E-state index in [2.05, 4.69) is 16.9 Å². The molecule has 1 amide bonds. The number of aliphatic hydroxyl groups is 1. The van der Waals surface area contributed by atoms with E-state index in [0.29, 0.717) is 19.3 Å². The van der Waals surface area contributed by atoms with Gasteiger partial charge < -0.3 is 10.4 Å². The standard InChI is InChI=1S/C23H30N2O3S2/c1-15-9-10-20(27)8-6-5-7-19-14-30-22(25-19)17(3)24-21(28)13-23(29,12-11-15)16(2)18(4)26/h5-9,14,16-17,26,29H,4,10-13H2,1-3H3,(H,24,28)/b7-5-,8-6+,15-9+/t16?,17-,23-/m1/s1. The smallest absolute Gasteiger partial charge is 0.221 e. The van der Waals surface area contributed by atoms with Gasteiger partial charge in [0.05, 0.1) is 17.5 Å². The highest BCUT2D eigenvalue weighted by Gasteiger charge is 2.36. The Kier molecular flexibility index (Phi) is 8.67. The van der Waals surface area contributed by atoms with Gasteiger partial charge in [0.25, 0.3) is 0 Å². The number of fused-ring (bicyclic) bond motifs is 2. The number of nitrogens with zero attached hydrogens (tertiary/aromatic N) is 1. The summed E-state index contributed by atoms with van der Waals surface area (Å²) in [5, 5.41) is 15.7. The van der Waals surface area contributed by atoms with Gasteiger partial charge in [-0.25, -0.2) is 4.98 Å². The second kappa shape index (κ2) is 10.8. The summed E-state index contributed by atoms with van der Waals surface area (Å²) in [7, 11) is 0. The summed E-state index contributed by atoms with van der Waals surface area (Å²) < 4.78 is -0.767. The minimum atomic E-state index is -0.767. The van der Waals surface area contributed by atoms with Crippen molar-refractivity contribution in [3.8, 4) is 0 Å². The summed E-state index contributed by atoms with van der Waals surface area (Å²) in [4.78, 5) is 29.4. The molecule has 2 heterocycles. The van der Waals surface area contributed by atoms with Gasteiger partial charge in [-0.15, -0.1) is 11.3 Å². The number of carbonyl (C=O) groups excluding carboxylic acids is 2. The van der Waals surface area contributed by atoms with Gasteiger partial charge in [0, 0.05) is 28.9 Å². The van der Waals surface area contributed by atoms with E-state index in [1.165, 1.54) is 11.3 Å². The molecule has 7 heteroatoms. The summed E-state index contributed by atoms with van der Waals surface area (Å²) in [6, 6.07) is -0.243. The SMILES string of the molecule is C=C(O)C(C)[C@@]1(S)CC/C(C)=C/CC(=O)/C=C/C=C\c2csc(n2)[C@@H](C)NC(=O)C1. The average molecular weight is 447 g/mol. The lowest BCUT2D eigenvalue weighted by Crippen LogP contribution is -2.39. The van der Waals surface area contributed by atoms with Crippen molar-refractivity contribution in [2.24, 2.45) is 5.92 Å². The third-order valence-corrected chi connectivity index (χ3v) is 7.14. The van der Waals surface area contributed by atoms with Crippen LogP contribution >= 0.6 is 24.0 Å². The van der Waals surface area contributed by atoms with Crippen molar-refractivity contribution in [1.82, 2.24) is 10.3 Å². The number of ketones is 1. The largest absolute Gasteiger partial charge is 0.513 e. The molecule has 1 aliphatic heterocycles. The molecule has 0 spiro atoms. The zero-order valence-corrected chi connectivity index (χ0v) is 19.4. The van der Waals surface area contributed by atoms with Crippen LogP contribution < -0.4 is 5.32 Å². The molecule has 1 unspecified atom stereocenters. The molecule has 1 aromatic rings. The highest BCUT2D eigenvalue weighted by atomic mass is 32.1. The molecule has 0 fully saturated rings. The minimum absolute atomic E-state index is 0.00582. The third kappa shape index (κ3) is 6.99. The number of amides is 1. The molecule has 5 nitrogen and oxygen atoms in total. The second-order valence-electron chi connectivity index (χ2n) is 7.83. The zero-order chi connectivity index (χ0) is 22.3. The summed E-state index contributed by atoms with van der Waals surface area (Å²) >= 11 is 6.29. The molecule has 3 atom stereocenters. The van der Waals surface area contributed by atoms with E-state index < -0.39 is 4.75 Å². The van der Waals surface area contributed by atoms with Crippen molar-refractivity contribution in [1.29, 1.82) is 0 Å². The van der Waals surface area contributed by atoms with Gasteiger partial charge in [-0.05, 0) is 38.8 Å². The van der Waals surface area contributed by atoms with Crippen molar-refractivity contribution in [2.45, 2.75) is 57.2 Å². The number of thiol groups is 1. The van der Waals surface area contributed by atoms with Gasteiger partial charge in [0.2, 0.25) is 5.91 Å². The van der Waals surface area contributed by atoms with E-state index in [0.717, 1.165) is 16.3 Å². The molecule has 0 saturated heterocycles. The van der Waals surface area contributed by atoms with E-state index in [9.17, 15) is 14.7 Å². The monoisotopic (exact) mass is 446 g/mol. The lowest BCUT2D eigenvalue weighted by Gasteiger charge is -2.34. The van der Waals surface area contributed by atoms with E-state index in [1.54, 1.807) is 18.2 Å². The fourth-order valence-corrected chi connectivity index (χ4v) is 4.35. The number of nitrogens with one attached hydrogen (secondary N) is 1. The fourth-order valence-electron chi connectivity index (χ4n) is 3.15. The van der Waals surface area contributed by atoms with Crippen LogP contribution in [0.4, 0.5) is 0 Å². The predicted molar refractivity (Wildman–Crippen MR) is 127 cm³/mol. The van der Waals surface area contributed by atoms with Crippen molar-refractivity contribution in [3.05, 3.63) is 58.3 Å². The quantitative estimate of drug-likeness (QED) is 0.325. The number of hydrogen-bond acceptors (Lipinski definition) is 6. The Morgan fingerprint density at radius 1 is 1.40 bits per heavy atom. The number of rotatable bonds is 2. The molecule has 0 radical (unpaired) electrons. The van der Waals surface area contributed by atoms with Crippen LogP contribution in [0.15, 0.2) is 47.6 Å². The maximum Gasteiger partial charge on any atom is 0.221 e. The molecule has 162 valence electrons. The Labute approximate surface area is 188 Å². The number of hydrogen-bond donors (Lipinski definition) is 3. The van der Waals surface area contributed by atoms with Crippen molar-refractivity contribution < 1.29 is 14.7 Å². The zero-order valence-electron chi connectivity index (χ0n) is 17.7. The lowest BCUT2D eigenvalue weighted by atomic mass is 9.83. The third-order valence-electron chi connectivity index (χ3n) is 5.32. The Morgan fingerprint density at radius 2 is 2.10 bits per heavy atom. The van der Waals surface area contributed by atoms with E-state index in [-0.39, 0.29) is 35.8 Å². The first-order valence-electron chi connectivity index (χ1n) is 9.99. The molecule has 2 rings (SSSR count). The van der Waals surface area contributed by atoms with Gasteiger partial charge in [0.15, 0.2) is 5.78 Å². The first kappa shape index (κ1) is 24.2. The van der Waals surface area contributed by atoms with E-state index in [1.807, 2.05) is 38.3 Å². The maximum absolute atomic E-state index is 12.8. The fraction of sp³-hybridized carbons (Fsp3) is 0.435. The molecule has 0 aromatic carbocycles. The van der Waals surface area contributed by atoms with Gasteiger partial charge in [-0.2, -0.15) is 12.6 Å². The molecular weight excluding hydrogens is 416 g/mol. The van der Waals surface area contributed by atoms with Crippen LogP contribution in [0.2, 0.25) is 0 Å². The van der Waals surface area contributed by atoms with Crippen LogP contribution in [-0.4, -0.2) is 26.5 Å². The summed E-state index contributed by atoms with van der Waals surface area (Å²) in [5.74, 6) is -0.507. The van der Waals surface area contributed by atoms with Crippen LogP contribution in [0.5, 0.6) is 0 Å². The first-order valence-corrected chi connectivity index (χ1v) is 11.3. The Hall–Kier alpha value is -2.12. The van der Waals surface area contributed by atoms with Crippen LogP contribution in [-0.2, 0) is 9.59 Å². The summed E-state index contributed by atoms with van der Waals surface area (Å²) in [5.41, 5.74) is 1.82. The Morgan fingerprint density at radius 3 is 2.80 bits per heavy atom. The van der Waals surface area contributed by atoms with Crippen molar-refractivity contribution in [3.63, 3.8) is 0 Å². The van der Waals surface area contributed by atoms with Crippen LogP contribution in [0, 0.1) is 5.92 Å². The number of aliphatic hydroxyl groups excluding tert-OH is 1. The Balaban J connectivity index is 2.32. The lowest BCUT2D eigenvalue weighted by molar-refractivity contribution is -0.122. The van der Waals surface area contributed by atoms with Crippen LogP contribution in [0.25, 0.3) is 6.08 Å². The maximum atomic E-state index is 12.8. The van der Waals surface area contributed by atoms with Gasteiger partial charge >= 0.3 is 0 Å². The molecule has 30 heavy (non-hydrogen) atoms. The molecule has 0 saturated carbocycles. The predicted octanol–water partition coefficient (Wildman–Crippen LogP) is 5.36. The Bertz CT molecular complexity index is 885. The molecule has 1 aromatic heterocycles.